The topological polar surface area (TPSA) is 155 Å². The van der Waals surface area contributed by atoms with Crippen molar-refractivity contribution in [2.24, 2.45) is 0 Å². The number of fused-ring (bicyclic) bond motifs is 1. The summed E-state index contributed by atoms with van der Waals surface area (Å²) in [6, 6.07) is 7.45. The molecule has 0 bridgehead atoms. The Hall–Kier alpha value is -5.49. The molecule has 280 valence electrons. The van der Waals surface area contributed by atoms with Crippen LogP contribution in [0.1, 0.15) is 30.4 Å². The van der Waals surface area contributed by atoms with Crippen LogP contribution in [0.5, 0.6) is 0 Å². The van der Waals surface area contributed by atoms with E-state index in [0.717, 1.165) is 28.3 Å². The molecule has 0 spiro atoms. The number of carbonyl (C=O) groups excluding carboxylic acids is 3. The molecule has 2 aromatic carbocycles. The van der Waals surface area contributed by atoms with Crippen molar-refractivity contribution >= 4 is 57.9 Å². The number of halogens is 5. The van der Waals surface area contributed by atoms with Crippen LogP contribution in [0.15, 0.2) is 53.3 Å². The fourth-order valence-corrected chi connectivity index (χ4v) is 6.33. The van der Waals surface area contributed by atoms with Gasteiger partial charge < -0.3 is 35.1 Å². The number of hydrogen-bond donors (Lipinski definition) is 3. The number of aromatic nitrogens is 4. The van der Waals surface area contributed by atoms with E-state index in [9.17, 15) is 36.7 Å². The van der Waals surface area contributed by atoms with Gasteiger partial charge in [0.05, 0.1) is 47.4 Å². The standard InChI is InChI=1S/C34H34ClF4N9O5/c1-2-26-29(46-13-11-45(12-14-46)28(50)18-40-32(52)42-25-6-4-3-5-23(25)36)31(51)48-33(43-30(44-48)20-9-15-53-16-10-20)47(26)19-27(49)41-24-8-7-21(17-22(24)35)34(37,38)39/h3-9,17H,2,10-16,18-19H2,1H3,(H,41,49)(H2,40,42,52). The fourth-order valence-electron chi connectivity index (χ4n) is 6.10. The third-order valence-corrected chi connectivity index (χ3v) is 9.07. The summed E-state index contributed by atoms with van der Waals surface area (Å²) in [5.41, 5.74) is -0.0802. The Bertz CT molecular complexity index is 2140. The fraction of sp³-hybridized carbons (Fsp3) is 0.353. The summed E-state index contributed by atoms with van der Waals surface area (Å²) in [6.07, 6.45) is -2.04. The van der Waals surface area contributed by atoms with E-state index in [1.807, 2.05) is 6.08 Å². The molecule has 2 aliphatic heterocycles. The van der Waals surface area contributed by atoms with Crippen molar-refractivity contribution in [1.29, 1.82) is 0 Å². The zero-order valence-electron chi connectivity index (χ0n) is 28.3. The third-order valence-electron chi connectivity index (χ3n) is 8.75. The normalized spacial score (nSPS) is 14.9. The third kappa shape index (κ3) is 8.28. The average Bonchev–Trinajstić information content (AvgIpc) is 3.60. The van der Waals surface area contributed by atoms with Crippen molar-refractivity contribution in [3.05, 3.63) is 86.8 Å². The van der Waals surface area contributed by atoms with E-state index in [1.54, 1.807) is 17.9 Å². The Kier molecular flexibility index (Phi) is 11.0. The number of rotatable bonds is 9. The molecule has 2 aliphatic rings. The van der Waals surface area contributed by atoms with Crippen LogP contribution in [-0.2, 0) is 33.5 Å². The molecule has 2 aromatic heterocycles. The number of alkyl halides is 3. The van der Waals surface area contributed by atoms with Gasteiger partial charge in [-0.1, -0.05) is 36.7 Å². The van der Waals surface area contributed by atoms with Gasteiger partial charge in [0.15, 0.2) is 5.82 Å². The number of urea groups is 1. The number of piperazine rings is 1. The summed E-state index contributed by atoms with van der Waals surface area (Å²) in [5.74, 6) is -1.29. The Morgan fingerprint density at radius 2 is 1.77 bits per heavy atom. The van der Waals surface area contributed by atoms with E-state index in [1.165, 1.54) is 27.7 Å². The highest BCUT2D eigenvalue weighted by atomic mass is 35.5. The van der Waals surface area contributed by atoms with Crippen molar-refractivity contribution in [2.75, 3.05) is 61.5 Å². The van der Waals surface area contributed by atoms with E-state index < -0.39 is 41.6 Å². The van der Waals surface area contributed by atoms with Gasteiger partial charge in [0.25, 0.3) is 5.56 Å². The average molecular weight is 760 g/mol. The maximum Gasteiger partial charge on any atom is 0.416 e. The molecule has 14 nitrogen and oxygen atoms in total. The smallest absolute Gasteiger partial charge is 0.377 e. The summed E-state index contributed by atoms with van der Waals surface area (Å²) < 4.78 is 61.5. The number of nitrogens with one attached hydrogen (secondary N) is 3. The predicted octanol–water partition coefficient (Wildman–Crippen LogP) is 4.18. The van der Waals surface area contributed by atoms with Crippen molar-refractivity contribution in [3.8, 4) is 0 Å². The summed E-state index contributed by atoms with van der Waals surface area (Å²) in [5, 5.41) is 11.5. The van der Waals surface area contributed by atoms with Gasteiger partial charge in [-0.2, -0.15) is 22.7 Å². The predicted molar refractivity (Wildman–Crippen MR) is 187 cm³/mol. The van der Waals surface area contributed by atoms with Gasteiger partial charge in [-0.25, -0.2) is 9.18 Å². The molecule has 53 heavy (non-hydrogen) atoms. The molecule has 0 unspecified atom stereocenters. The number of carbonyl (C=O) groups is 3. The molecule has 3 N–H and O–H groups in total. The molecule has 0 atom stereocenters. The van der Waals surface area contributed by atoms with Gasteiger partial charge in [-0.3, -0.25) is 14.4 Å². The monoisotopic (exact) mass is 759 g/mol. The highest BCUT2D eigenvalue weighted by Crippen LogP contribution is 2.34. The zero-order chi connectivity index (χ0) is 37.9. The van der Waals surface area contributed by atoms with Gasteiger partial charge in [0.1, 0.15) is 18.0 Å². The number of hydrogen-bond acceptors (Lipinski definition) is 8. The van der Waals surface area contributed by atoms with E-state index >= 15 is 0 Å². The van der Waals surface area contributed by atoms with Crippen LogP contribution < -0.4 is 26.4 Å². The molecule has 19 heteroatoms. The molecule has 1 fully saturated rings. The van der Waals surface area contributed by atoms with Gasteiger partial charge >= 0.3 is 12.2 Å². The van der Waals surface area contributed by atoms with Crippen LogP contribution in [0.3, 0.4) is 0 Å². The van der Waals surface area contributed by atoms with E-state index in [-0.39, 0.29) is 78.7 Å². The number of para-hydroxylation sites is 1. The van der Waals surface area contributed by atoms with E-state index in [2.05, 4.69) is 26.0 Å². The first-order chi connectivity index (χ1) is 25.3. The first-order valence-corrected chi connectivity index (χ1v) is 17.0. The van der Waals surface area contributed by atoms with Crippen molar-refractivity contribution < 1.29 is 36.7 Å². The van der Waals surface area contributed by atoms with Gasteiger partial charge in [0, 0.05) is 26.2 Å². The zero-order valence-corrected chi connectivity index (χ0v) is 29.1. The maximum absolute atomic E-state index is 14.1. The highest BCUT2D eigenvalue weighted by Gasteiger charge is 2.32. The minimum atomic E-state index is -4.62. The molecule has 4 amide bonds. The molecule has 0 radical (unpaired) electrons. The van der Waals surface area contributed by atoms with Crippen LogP contribution >= 0.6 is 11.6 Å². The van der Waals surface area contributed by atoms with Crippen molar-refractivity contribution in [3.63, 3.8) is 0 Å². The minimum absolute atomic E-state index is 0.0329. The summed E-state index contributed by atoms with van der Waals surface area (Å²) in [4.78, 5) is 60.8. The summed E-state index contributed by atoms with van der Waals surface area (Å²) in [7, 11) is 0. The number of anilines is 3. The Labute approximate surface area is 304 Å². The Balaban J connectivity index is 1.23. The molecule has 4 heterocycles. The van der Waals surface area contributed by atoms with Gasteiger partial charge in [0.2, 0.25) is 17.6 Å². The highest BCUT2D eigenvalue weighted by molar-refractivity contribution is 6.33. The quantitative estimate of drug-likeness (QED) is 0.215. The lowest BCUT2D eigenvalue weighted by Gasteiger charge is -2.36. The van der Waals surface area contributed by atoms with Crippen LogP contribution in [0.4, 0.5) is 39.4 Å². The van der Waals surface area contributed by atoms with E-state index in [4.69, 9.17) is 16.3 Å². The summed E-state index contributed by atoms with van der Waals surface area (Å²) in [6.45, 7) is 2.66. The molecule has 4 aromatic rings. The second kappa shape index (κ2) is 15.6. The lowest BCUT2D eigenvalue weighted by atomic mass is 10.1. The van der Waals surface area contributed by atoms with Crippen LogP contribution in [-0.4, -0.2) is 87.8 Å². The second-order valence-electron chi connectivity index (χ2n) is 12.1. The molecule has 6 rings (SSSR count). The van der Waals surface area contributed by atoms with Crippen LogP contribution in [0, 0.1) is 5.82 Å². The maximum atomic E-state index is 14.1. The van der Waals surface area contributed by atoms with Crippen LogP contribution in [0.2, 0.25) is 5.02 Å². The minimum Gasteiger partial charge on any atom is -0.377 e. The van der Waals surface area contributed by atoms with Gasteiger partial charge in [-0.05, 0) is 48.7 Å². The number of nitrogens with zero attached hydrogens (tertiary/aromatic N) is 6. The SMILES string of the molecule is CCc1c(N2CCN(C(=O)CNC(=O)Nc3ccccc3F)CC2)c(=O)n2nc(C3=CCOCC3)nc2n1CC(=O)Nc1ccc(C(F)(F)F)cc1Cl. The lowest BCUT2D eigenvalue weighted by Crippen LogP contribution is -2.53. The first-order valence-electron chi connectivity index (χ1n) is 16.6. The summed E-state index contributed by atoms with van der Waals surface area (Å²) >= 11 is 6.10. The molecular formula is C34H34ClF4N9O5. The van der Waals surface area contributed by atoms with E-state index in [0.29, 0.717) is 25.3 Å². The lowest BCUT2D eigenvalue weighted by molar-refractivity contribution is -0.137. The molecular weight excluding hydrogens is 726 g/mol. The Morgan fingerprint density at radius 3 is 2.43 bits per heavy atom. The largest absolute Gasteiger partial charge is 0.416 e. The molecule has 0 saturated carbocycles. The number of benzene rings is 2. The van der Waals surface area contributed by atoms with Crippen LogP contribution in [0.25, 0.3) is 11.4 Å². The van der Waals surface area contributed by atoms with Crippen molar-refractivity contribution in [1.82, 2.24) is 29.4 Å². The first kappa shape index (κ1) is 37.3. The molecule has 1 saturated heterocycles. The number of ether oxygens (including phenoxy) is 1. The second-order valence-corrected chi connectivity index (χ2v) is 12.5. The van der Waals surface area contributed by atoms with Gasteiger partial charge in [-0.15, -0.1) is 5.10 Å². The molecule has 0 aliphatic carbocycles. The number of amides is 4. The Morgan fingerprint density at radius 1 is 1.02 bits per heavy atom. The van der Waals surface area contributed by atoms with Crippen molar-refractivity contribution in [2.45, 2.75) is 32.5 Å².